The van der Waals surface area contributed by atoms with Crippen LogP contribution < -0.4 is 10.6 Å². The molecule has 1 amide bonds. The molecular formula is C30H35Cl2N5O2. The van der Waals surface area contributed by atoms with Gasteiger partial charge in [0, 0.05) is 34.3 Å². The lowest BCUT2D eigenvalue weighted by molar-refractivity contribution is -0.118. The molecule has 0 bridgehead atoms. The highest BCUT2D eigenvalue weighted by Gasteiger charge is 2.59. The first-order valence-corrected chi connectivity index (χ1v) is 13.7. The third-order valence-corrected chi connectivity index (χ3v) is 7.50. The Kier molecular flexibility index (Phi) is 8.16. The SMILES string of the molecule is CC(C)(C)C[C@@H]1N[C@@H](C(=O)Nc2ccn(CC(C)(C)O)n2)[C@H](c2cccc(Cl)c2)[C@@]1(C#N)c1ccc(Cl)cc1. The predicted molar refractivity (Wildman–Crippen MR) is 155 cm³/mol. The molecule has 1 aliphatic heterocycles. The number of nitrogens with one attached hydrogen (secondary N) is 2. The van der Waals surface area contributed by atoms with E-state index in [1.165, 1.54) is 0 Å². The number of halogens is 2. The zero-order valence-corrected chi connectivity index (χ0v) is 24.4. The molecule has 3 aromatic rings. The molecular weight excluding hydrogens is 533 g/mol. The first-order chi connectivity index (χ1) is 18.2. The predicted octanol–water partition coefficient (Wildman–Crippen LogP) is 5.92. The molecule has 0 radical (unpaired) electrons. The van der Waals surface area contributed by atoms with Gasteiger partial charge < -0.3 is 15.7 Å². The summed E-state index contributed by atoms with van der Waals surface area (Å²) in [6.07, 6.45) is 2.35. The van der Waals surface area contributed by atoms with Crippen LogP contribution in [0.2, 0.25) is 10.0 Å². The number of nitrogens with zero attached hydrogens (tertiary/aromatic N) is 3. The number of hydrogen-bond donors (Lipinski definition) is 3. The van der Waals surface area contributed by atoms with E-state index in [1.54, 1.807) is 49.0 Å². The van der Waals surface area contributed by atoms with Crippen molar-refractivity contribution in [1.29, 1.82) is 5.26 Å². The molecule has 1 fully saturated rings. The van der Waals surface area contributed by atoms with E-state index >= 15 is 0 Å². The number of benzene rings is 2. The lowest BCUT2D eigenvalue weighted by atomic mass is 9.63. The number of aromatic nitrogens is 2. The molecule has 1 aliphatic rings. The molecule has 3 N–H and O–H groups in total. The molecule has 0 spiro atoms. The van der Waals surface area contributed by atoms with Gasteiger partial charge in [-0.25, -0.2) is 0 Å². The highest BCUT2D eigenvalue weighted by Crippen LogP contribution is 2.51. The number of anilines is 1. The van der Waals surface area contributed by atoms with Crippen LogP contribution in [0.5, 0.6) is 0 Å². The Labute approximate surface area is 240 Å². The standard InChI is InChI=1S/C30H35Cl2N5O2/c1-28(2,3)16-23-30(17-33,20-9-11-21(31)12-10-20)25(19-7-6-8-22(32)15-19)26(34-23)27(38)35-24-13-14-37(36-24)18-29(4,5)39/h6-15,23,25-26,34,39H,16,18H2,1-5H3,(H,35,36,38)/t23-,25-,26+,30-/m0/s1. The van der Waals surface area contributed by atoms with Crippen molar-refractivity contribution >= 4 is 34.9 Å². The van der Waals surface area contributed by atoms with Crippen molar-refractivity contribution in [2.24, 2.45) is 5.41 Å². The van der Waals surface area contributed by atoms with Crippen LogP contribution in [0, 0.1) is 16.7 Å². The molecule has 1 saturated heterocycles. The lowest BCUT2D eigenvalue weighted by Crippen LogP contribution is -2.44. The van der Waals surface area contributed by atoms with Gasteiger partial charge in [-0.05, 0) is 61.1 Å². The summed E-state index contributed by atoms with van der Waals surface area (Å²) in [5, 5.41) is 33.1. The summed E-state index contributed by atoms with van der Waals surface area (Å²) < 4.78 is 1.59. The van der Waals surface area contributed by atoms with Crippen LogP contribution in [0.3, 0.4) is 0 Å². The molecule has 9 heteroatoms. The van der Waals surface area contributed by atoms with Crippen LogP contribution in [0.1, 0.15) is 58.1 Å². The van der Waals surface area contributed by atoms with Crippen molar-refractivity contribution in [1.82, 2.24) is 15.1 Å². The van der Waals surface area contributed by atoms with E-state index in [0.717, 1.165) is 11.1 Å². The number of rotatable bonds is 7. The van der Waals surface area contributed by atoms with Gasteiger partial charge in [0.2, 0.25) is 5.91 Å². The summed E-state index contributed by atoms with van der Waals surface area (Å²) in [6, 6.07) is 17.9. The minimum atomic E-state index is -1.09. The monoisotopic (exact) mass is 567 g/mol. The van der Waals surface area contributed by atoms with Crippen LogP contribution in [-0.4, -0.2) is 38.5 Å². The molecule has 4 atom stereocenters. The maximum Gasteiger partial charge on any atom is 0.243 e. The van der Waals surface area contributed by atoms with Gasteiger partial charge in [0.25, 0.3) is 0 Å². The summed E-state index contributed by atoms with van der Waals surface area (Å²) in [5.74, 6) is -0.504. The second-order valence-corrected chi connectivity index (χ2v) is 13.1. The second kappa shape index (κ2) is 10.9. The first-order valence-electron chi connectivity index (χ1n) is 13.0. The summed E-state index contributed by atoms with van der Waals surface area (Å²) in [4.78, 5) is 13.9. The van der Waals surface area contributed by atoms with Gasteiger partial charge in [-0.15, -0.1) is 0 Å². The molecule has 4 rings (SSSR count). The fourth-order valence-electron chi connectivity index (χ4n) is 5.57. The minimum Gasteiger partial charge on any atom is -0.389 e. The van der Waals surface area contributed by atoms with Crippen molar-refractivity contribution in [3.63, 3.8) is 0 Å². The number of carbonyl (C=O) groups is 1. The van der Waals surface area contributed by atoms with Crippen molar-refractivity contribution in [2.45, 2.75) is 76.6 Å². The zero-order valence-electron chi connectivity index (χ0n) is 22.9. The van der Waals surface area contributed by atoms with Crippen LogP contribution >= 0.6 is 23.2 Å². The number of hydrogen-bond acceptors (Lipinski definition) is 5. The van der Waals surface area contributed by atoms with Crippen molar-refractivity contribution in [3.05, 3.63) is 82.0 Å². The van der Waals surface area contributed by atoms with Crippen LogP contribution in [0.25, 0.3) is 0 Å². The van der Waals surface area contributed by atoms with Gasteiger partial charge >= 0.3 is 0 Å². The van der Waals surface area contributed by atoms with E-state index in [9.17, 15) is 15.2 Å². The van der Waals surface area contributed by atoms with E-state index in [1.807, 2.05) is 30.3 Å². The fraction of sp³-hybridized carbons (Fsp3) is 0.433. The normalized spacial score (nSPS) is 23.4. The zero-order chi connectivity index (χ0) is 28.6. The second-order valence-electron chi connectivity index (χ2n) is 12.2. The third-order valence-electron chi connectivity index (χ3n) is 7.01. The molecule has 0 saturated carbocycles. The Morgan fingerprint density at radius 1 is 1.13 bits per heavy atom. The highest BCUT2D eigenvalue weighted by atomic mass is 35.5. The minimum absolute atomic E-state index is 0.133. The molecule has 7 nitrogen and oxygen atoms in total. The van der Waals surface area contributed by atoms with Gasteiger partial charge in [-0.2, -0.15) is 10.4 Å². The Morgan fingerprint density at radius 2 is 1.82 bits per heavy atom. The summed E-state index contributed by atoms with van der Waals surface area (Å²) in [7, 11) is 0. The number of nitriles is 1. The molecule has 0 aliphatic carbocycles. The largest absolute Gasteiger partial charge is 0.389 e. The van der Waals surface area contributed by atoms with E-state index in [-0.39, 0.29) is 23.9 Å². The topological polar surface area (TPSA) is 103 Å². The first kappa shape index (κ1) is 29.1. The van der Waals surface area contributed by atoms with Gasteiger partial charge in [0.15, 0.2) is 5.82 Å². The summed E-state index contributed by atoms with van der Waals surface area (Å²) >= 11 is 12.7. The number of carbonyl (C=O) groups excluding carboxylic acids is 1. The van der Waals surface area contributed by atoms with E-state index in [4.69, 9.17) is 23.2 Å². The highest BCUT2D eigenvalue weighted by molar-refractivity contribution is 6.30. The molecule has 39 heavy (non-hydrogen) atoms. The molecule has 1 aromatic heterocycles. The Balaban J connectivity index is 1.81. The van der Waals surface area contributed by atoms with Gasteiger partial charge in [-0.3, -0.25) is 9.48 Å². The number of aliphatic hydroxyl groups is 1. The Morgan fingerprint density at radius 3 is 2.41 bits per heavy atom. The van der Waals surface area contributed by atoms with Gasteiger partial charge in [0.05, 0.1) is 24.3 Å². The van der Waals surface area contributed by atoms with Crippen molar-refractivity contribution in [3.8, 4) is 6.07 Å². The molecule has 2 aromatic carbocycles. The fourth-order valence-corrected chi connectivity index (χ4v) is 5.90. The Hall–Kier alpha value is -2.89. The Bertz CT molecular complexity index is 1370. The molecule has 0 unspecified atom stereocenters. The van der Waals surface area contributed by atoms with Crippen molar-refractivity contribution < 1.29 is 9.90 Å². The maximum absolute atomic E-state index is 13.9. The average molecular weight is 569 g/mol. The van der Waals surface area contributed by atoms with Crippen LogP contribution in [-0.2, 0) is 16.8 Å². The smallest absolute Gasteiger partial charge is 0.243 e. The van der Waals surface area contributed by atoms with Gasteiger partial charge in [-0.1, -0.05) is 68.2 Å². The average Bonchev–Trinajstić information content (AvgIpc) is 3.39. The quantitative estimate of drug-likeness (QED) is 0.328. The van der Waals surface area contributed by atoms with E-state index in [2.05, 4.69) is 42.6 Å². The number of amides is 1. The van der Waals surface area contributed by atoms with Gasteiger partial charge in [0.1, 0.15) is 5.41 Å². The summed E-state index contributed by atoms with van der Waals surface area (Å²) in [6.45, 7) is 10.0. The summed E-state index contributed by atoms with van der Waals surface area (Å²) in [5.41, 5.74) is -0.609. The lowest BCUT2D eigenvalue weighted by Gasteiger charge is -2.37. The van der Waals surface area contributed by atoms with E-state index < -0.39 is 23.0 Å². The molecule has 2 heterocycles. The van der Waals surface area contributed by atoms with Crippen LogP contribution in [0.15, 0.2) is 60.8 Å². The maximum atomic E-state index is 13.9. The molecule has 206 valence electrons. The van der Waals surface area contributed by atoms with Crippen LogP contribution in [0.4, 0.5) is 5.82 Å². The third kappa shape index (κ3) is 6.47. The van der Waals surface area contributed by atoms with E-state index in [0.29, 0.717) is 22.3 Å². The van der Waals surface area contributed by atoms with Crippen molar-refractivity contribution in [2.75, 3.05) is 5.32 Å².